The van der Waals surface area contributed by atoms with Crippen LogP contribution in [0.3, 0.4) is 0 Å². The summed E-state index contributed by atoms with van der Waals surface area (Å²) in [5.41, 5.74) is 1.04. The van der Waals surface area contributed by atoms with Gasteiger partial charge in [0.15, 0.2) is 0 Å². The minimum Gasteiger partial charge on any atom is -0.256 e. The van der Waals surface area contributed by atoms with Crippen molar-refractivity contribution in [2.75, 3.05) is 0 Å². The summed E-state index contributed by atoms with van der Waals surface area (Å²) in [5, 5.41) is 3.66. The third-order valence-electron chi connectivity index (χ3n) is 2.45. The zero-order chi connectivity index (χ0) is 9.38. The van der Waals surface area contributed by atoms with E-state index in [0.29, 0.717) is 0 Å². The van der Waals surface area contributed by atoms with Crippen molar-refractivity contribution in [2.45, 2.75) is 0 Å². The maximum atomic E-state index is 4.32. The van der Waals surface area contributed by atoms with E-state index < -0.39 is 0 Å². The molecule has 0 atom stereocenters. The molecule has 0 unspecified atom stereocenters. The van der Waals surface area contributed by atoms with Gasteiger partial charge in [-0.15, -0.1) is 0 Å². The Morgan fingerprint density at radius 2 is 2.00 bits per heavy atom. The molecule has 0 fully saturated rings. The molecule has 0 saturated heterocycles. The van der Waals surface area contributed by atoms with Crippen LogP contribution in [0.2, 0.25) is 0 Å². The van der Waals surface area contributed by atoms with E-state index in [1.54, 1.807) is 0 Å². The molecule has 65 valence electrons. The number of pyridine rings is 1. The summed E-state index contributed by atoms with van der Waals surface area (Å²) < 4.78 is 0. The Balaban J connectivity index is 2.61. The van der Waals surface area contributed by atoms with Gasteiger partial charge < -0.3 is 0 Å². The first kappa shape index (κ1) is 7.51. The van der Waals surface area contributed by atoms with Crippen molar-refractivity contribution in [3.05, 3.63) is 54.7 Å². The van der Waals surface area contributed by atoms with E-state index in [-0.39, 0.29) is 0 Å². The molecule has 0 N–H and O–H groups in total. The van der Waals surface area contributed by atoms with Crippen molar-refractivity contribution in [3.63, 3.8) is 0 Å². The van der Waals surface area contributed by atoms with E-state index in [1.807, 2.05) is 24.4 Å². The molecule has 0 amide bonds. The van der Waals surface area contributed by atoms with Crippen LogP contribution in [-0.2, 0) is 0 Å². The van der Waals surface area contributed by atoms with Gasteiger partial charge in [0.2, 0.25) is 0 Å². The summed E-state index contributed by atoms with van der Waals surface area (Å²) in [6, 6.07) is 17.3. The fraction of sp³-hybridized carbons (Fsp3) is 0. The van der Waals surface area contributed by atoms with Crippen LogP contribution in [0, 0.1) is 6.07 Å². The standard InChI is InChI=1S/C13H8N/c1-2-5-11-10(4-1)7-8-13-12(11)6-3-9-14-13/h1,3-9H. The van der Waals surface area contributed by atoms with Crippen LogP contribution in [-0.4, -0.2) is 4.98 Å². The molecule has 1 radical (unpaired) electrons. The predicted molar refractivity (Wildman–Crippen MR) is 58.1 cm³/mol. The lowest BCUT2D eigenvalue weighted by atomic mass is 10.1. The first-order valence-electron chi connectivity index (χ1n) is 4.59. The second-order valence-electron chi connectivity index (χ2n) is 3.28. The third-order valence-corrected chi connectivity index (χ3v) is 2.45. The minimum atomic E-state index is 1.04. The molecule has 0 aliphatic carbocycles. The van der Waals surface area contributed by atoms with E-state index in [0.717, 1.165) is 5.52 Å². The minimum absolute atomic E-state index is 1.04. The van der Waals surface area contributed by atoms with Crippen molar-refractivity contribution in [3.8, 4) is 0 Å². The molecule has 1 nitrogen and oxygen atoms in total. The Labute approximate surface area is 82.0 Å². The molecule has 1 heterocycles. The number of rotatable bonds is 0. The highest BCUT2D eigenvalue weighted by atomic mass is 14.6. The van der Waals surface area contributed by atoms with E-state index in [2.05, 4.69) is 35.3 Å². The van der Waals surface area contributed by atoms with Crippen LogP contribution < -0.4 is 0 Å². The van der Waals surface area contributed by atoms with Gasteiger partial charge in [0.25, 0.3) is 0 Å². The van der Waals surface area contributed by atoms with Gasteiger partial charge in [-0.25, -0.2) is 0 Å². The molecule has 0 spiro atoms. The Hall–Kier alpha value is -1.89. The molecule has 2 aromatic carbocycles. The van der Waals surface area contributed by atoms with Crippen molar-refractivity contribution >= 4 is 21.7 Å². The summed E-state index contributed by atoms with van der Waals surface area (Å²) in [6.07, 6.45) is 1.82. The SMILES string of the molecule is [c]1ccc2ccc3ncccc3c2c1. The lowest BCUT2D eigenvalue weighted by Crippen LogP contribution is -1.79. The van der Waals surface area contributed by atoms with Gasteiger partial charge in [0.1, 0.15) is 0 Å². The van der Waals surface area contributed by atoms with E-state index in [1.165, 1.54) is 16.2 Å². The van der Waals surface area contributed by atoms with Gasteiger partial charge in [0, 0.05) is 11.6 Å². The van der Waals surface area contributed by atoms with Crippen LogP contribution in [0.4, 0.5) is 0 Å². The average Bonchev–Trinajstić information content (AvgIpc) is 2.29. The van der Waals surface area contributed by atoms with E-state index >= 15 is 0 Å². The van der Waals surface area contributed by atoms with Gasteiger partial charge in [0.05, 0.1) is 5.52 Å². The molecule has 0 saturated carbocycles. The Morgan fingerprint density at radius 1 is 1.00 bits per heavy atom. The Morgan fingerprint density at radius 3 is 3.00 bits per heavy atom. The average molecular weight is 178 g/mol. The molecule has 1 aromatic heterocycles. The quantitative estimate of drug-likeness (QED) is 0.482. The van der Waals surface area contributed by atoms with Crippen molar-refractivity contribution in [1.82, 2.24) is 4.98 Å². The lowest BCUT2D eigenvalue weighted by Gasteiger charge is -2.01. The van der Waals surface area contributed by atoms with Gasteiger partial charge >= 0.3 is 0 Å². The number of hydrogen-bond donors (Lipinski definition) is 0. The highest BCUT2D eigenvalue weighted by Gasteiger charge is 1.98. The predicted octanol–water partition coefficient (Wildman–Crippen LogP) is 3.19. The van der Waals surface area contributed by atoms with E-state index in [4.69, 9.17) is 0 Å². The monoisotopic (exact) mass is 178 g/mol. The Bertz CT molecular complexity index is 544. The Kier molecular flexibility index (Phi) is 1.51. The van der Waals surface area contributed by atoms with Crippen LogP contribution in [0.15, 0.2) is 48.7 Å². The molecule has 0 bridgehead atoms. The summed E-state index contributed by atoms with van der Waals surface area (Å²) in [5.74, 6) is 0. The summed E-state index contributed by atoms with van der Waals surface area (Å²) in [4.78, 5) is 4.32. The molecule has 14 heavy (non-hydrogen) atoms. The highest BCUT2D eigenvalue weighted by Crippen LogP contribution is 2.22. The number of aromatic nitrogens is 1. The number of hydrogen-bond acceptors (Lipinski definition) is 1. The maximum Gasteiger partial charge on any atom is 0.0708 e. The third kappa shape index (κ3) is 0.990. The molecular formula is C13H8N. The van der Waals surface area contributed by atoms with Crippen molar-refractivity contribution in [1.29, 1.82) is 0 Å². The normalized spacial score (nSPS) is 10.9. The first-order valence-corrected chi connectivity index (χ1v) is 4.59. The van der Waals surface area contributed by atoms with E-state index in [9.17, 15) is 0 Å². The molecule has 0 aliphatic heterocycles. The van der Waals surface area contributed by atoms with Crippen molar-refractivity contribution < 1.29 is 0 Å². The fourth-order valence-corrected chi connectivity index (χ4v) is 1.77. The molecule has 0 aliphatic rings. The van der Waals surface area contributed by atoms with Crippen LogP contribution in [0.25, 0.3) is 21.7 Å². The molecular weight excluding hydrogens is 170 g/mol. The smallest absolute Gasteiger partial charge is 0.0708 e. The summed E-state index contributed by atoms with van der Waals surface area (Å²) in [6.45, 7) is 0. The van der Waals surface area contributed by atoms with Crippen molar-refractivity contribution in [2.24, 2.45) is 0 Å². The summed E-state index contributed by atoms with van der Waals surface area (Å²) >= 11 is 0. The van der Waals surface area contributed by atoms with Gasteiger partial charge in [-0.05, 0) is 35.0 Å². The maximum absolute atomic E-state index is 4.32. The molecule has 3 rings (SSSR count). The zero-order valence-corrected chi connectivity index (χ0v) is 7.57. The number of nitrogens with zero attached hydrogens (tertiary/aromatic N) is 1. The highest BCUT2D eigenvalue weighted by molar-refractivity contribution is 6.05. The van der Waals surface area contributed by atoms with Gasteiger partial charge in [-0.1, -0.05) is 24.3 Å². The topological polar surface area (TPSA) is 12.9 Å². The van der Waals surface area contributed by atoms with Crippen LogP contribution in [0.1, 0.15) is 0 Å². The number of fused-ring (bicyclic) bond motifs is 3. The van der Waals surface area contributed by atoms with Crippen LogP contribution >= 0.6 is 0 Å². The number of benzene rings is 2. The fourth-order valence-electron chi connectivity index (χ4n) is 1.77. The largest absolute Gasteiger partial charge is 0.256 e. The molecule has 1 heteroatoms. The second-order valence-corrected chi connectivity index (χ2v) is 3.28. The molecule has 3 aromatic rings. The van der Waals surface area contributed by atoms with Crippen LogP contribution in [0.5, 0.6) is 0 Å². The van der Waals surface area contributed by atoms with Gasteiger partial charge in [-0.3, -0.25) is 4.98 Å². The second kappa shape index (κ2) is 2.81. The first-order chi connectivity index (χ1) is 6.95. The van der Waals surface area contributed by atoms with Gasteiger partial charge in [-0.2, -0.15) is 0 Å². The lowest BCUT2D eigenvalue weighted by molar-refractivity contribution is 1.42. The zero-order valence-electron chi connectivity index (χ0n) is 7.57. The summed E-state index contributed by atoms with van der Waals surface area (Å²) in [7, 11) is 0.